The van der Waals surface area contributed by atoms with Crippen LogP contribution in [0.15, 0.2) is 18.6 Å². The highest BCUT2D eigenvalue weighted by atomic mass is 16.6. The van der Waals surface area contributed by atoms with Gasteiger partial charge in [0.25, 0.3) is 0 Å². The zero-order valence-corrected chi connectivity index (χ0v) is 10.6. The fourth-order valence-electron chi connectivity index (χ4n) is 1.68. The van der Waals surface area contributed by atoms with Gasteiger partial charge in [-0.05, 0) is 6.07 Å². The maximum atomic E-state index is 11.0. The number of rotatable bonds is 5. The Hall–Kier alpha value is -3.02. The molecule has 0 amide bonds. The van der Waals surface area contributed by atoms with Crippen LogP contribution in [0.4, 0.5) is 11.5 Å². The number of hydrogen-bond acceptors (Lipinski definition) is 7. The number of nitro groups is 1. The van der Waals surface area contributed by atoms with Crippen LogP contribution in [0.2, 0.25) is 0 Å². The molecular weight excluding hydrogens is 262 g/mol. The van der Waals surface area contributed by atoms with Gasteiger partial charge in [0.1, 0.15) is 23.8 Å². The summed E-state index contributed by atoms with van der Waals surface area (Å²) >= 11 is 0. The minimum Gasteiger partial charge on any atom is -0.364 e. The average molecular weight is 273 g/mol. The summed E-state index contributed by atoms with van der Waals surface area (Å²) in [6.45, 7) is 0.398. The van der Waals surface area contributed by atoms with E-state index in [9.17, 15) is 10.1 Å². The summed E-state index contributed by atoms with van der Waals surface area (Å²) in [4.78, 5) is 14.3. The summed E-state index contributed by atoms with van der Waals surface area (Å²) in [5, 5.41) is 30.4. The van der Waals surface area contributed by atoms with Crippen LogP contribution in [0.25, 0.3) is 0 Å². The van der Waals surface area contributed by atoms with Crippen LogP contribution >= 0.6 is 0 Å². The molecule has 2 aromatic heterocycles. The molecule has 0 saturated carbocycles. The van der Waals surface area contributed by atoms with Crippen LogP contribution in [0.5, 0.6) is 0 Å². The minimum atomic E-state index is -0.615. The first-order valence-corrected chi connectivity index (χ1v) is 5.73. The van der Waals surface area contributed by atoms with E-state index in [1.54, 1.807) is 17.0 Å². The lowest BCUT2D eigenvalue weighted by Gasteiger charge is -2.06. The molecule has 0 aromatic carbocycles. The van der Waals surface area contributed by atoms with Gasteiger partial charge < -0.3 is 9.88 Å². The summed E-state index contributed by atoms with van der Waals surface area (Å²) in [7, 11) is 1.81. The molecule has 9 nitrogen and oxygen atoms in total. The highest BCUT2D eigenvalue weighted by Gasteiger charge is 2.20. The second-order valence-electron chi connectivity index (χ2n) is 3.96. The van der Waals surface area contributed by atoms with E-state index in [-0.39, 0.29) is 17.1 Å². The lowest BCUT2D eigenvalue weighted by Crippen LogP contribution is -2.11. The molecule has 0 aliphatic carbocycles. The third kappa shape index (κ3) is 2.69. The van der Waals surface area contributed by atoms with Crippen LogP contribution in [0, 0.1) is 21.4 Å². The number of nitrogens with one attached hydrogen (secondary N) is 1. The van der Waals surface area contributed by atoms with Crippen molar-refractivity contribution < 1.29 is 4.92 Å². The highest BCUT2D eigenvalue weighted by molar-refractivity contribution is 5.63. The van der Waals surface area contributed by atoms with Crippen LogP contribution in [-0.4, -0.2) is 31.2 Å². The SMILES string of the molecule is Cn1cnnc1CCNc1nccc(C#N)c1[N+](=O)[O-]. The fourth-order valence-corrected chi connectivity index (χ4v) is 1.68. The molecule has 9 heteroatoms. The van der Waals surface area contributed by atoms with Crippen molar-refractivity contribution in [2.45, 2.75) is 6.42 Å². The quantitative estimate of drug-likeness (QED) is 0.626. The minimum absolute atomic E-state index is 0.0221. The molecule has 20 heavy (non-hydrogen) atoms. The Labute approximate surface area is 114 Å². The number of aromatic nitrogens is 4. The number of anilines is 1. The number of hydrogen-bond donors (Lipinski definition) is 1. The van der Waals surface area contributed by atoms with Gasteiger partial charge in [-0.2, -0.15) is 5.26 Å². The Morgan fingerprint density at radius 3 is 3.00 bits per heavy atom. The molecule has 1 N–H and O–H groups in total. The lowest BCUT2D eigenvalue weighted by atomic mass is 10.2. The van der Waals surface area contributed by atoms with Crippen molar-refractivity contribution in [3.8, 4) is 6.07 Å². The van der Waals surface area contributed by atoms with Gasteiger partial charge in [0, 0.05) is 26.2 Å². The van der Waals surface area contributed by atoms with Gasteiger partial charge in [-0.3, -0.25) is 10.1 Å². The van der Waals surface area contributed by atoms with E-state index in [2.05, 4.69) is 20.5 Å². The molecule has 0 aliphatic rings. The van der Waals surface area contributed by atoms with Gasteiger partial charge in [0.05, 0.1) is 4.92 Å². The van der Waals surface area contributed by atoms with Gasteiger partial charge in [-0.25, -0.2) is 4.98 Å². The maximum absolute atomic E-state index is 11.0. The zero-order chi connectivity index (χ0) is 14.5. The summed E-state index contributed by atoms with van der Waals surface area (Å²) in [5.74, 6) is 0.827. The molecule has 2 aromatic rings. The Balaban J connectivity index is 2.12. The monoisotopic (exact) mass is 273 g/mol. The third-order valence-corrected chi connectivity index (χ3v) is 2.67. The molecule has 0 saturated heterocycles. The van der Waals surface area contributed by atoms with Crippen LogP contribution < -0.4 is 5.32 Å². The van der Waals surface area contributed by atoms with Gasteiger partial charge in [0.2, 0.25) is 5.82 Å². The van der Waals surface area contributed by atoms with Gasteiger partial charge in [-0.15, -0.1) is 10.2 Å². The first kappa shape index (κ1) is 13.4. The van der Waals surface area contributed by atoms with Crippen molar-refractivity contribution in [3.63, 3.8) is 0 Å². The van der Waals surface area contributed by atoms with E-state index in [0.717, 1.165) is 5.82 Å². The van der Waals surface area contributed by atoms with Crippen molar-refractivity contribution in [2.75, 3.05) is 11.9 Å². The Kier molecular flexibility index (Phi) is 3.85. The molecule has 0 aliphatic heterocycles. The van der Waals surface area contributed by atoms with E-state index in [1.165, 1.54) is 12.3 Å². The van der Waals surface area contributed by atoms with Crippen molar-refractivity contribution in [1.82, 2.24) is 19.7 Å². The first-order chi connectivity index (χ1) is 9.63. The largest absolute Gasteiger partial charge is 0.364 e. The Morgan fingerprint density at radius 1 is 1.60 bits per heavy atom. The lowest BCUT2D eigenvalue weighted by molar-refractivity contribution is -0.384. The van der Waals surface area contributed by atoms with Crippen molar-refractivity contribution in [2.24, 2.45) is 7.05 Å². The predicted octanol–water partition coefficient (Wildman–Crippen LogP) is 0.645. The molecule has 0 atom stereocenters. The van der Waals surface area contributed by atoms with Crippen LogP contribution in [-0.2, 0) is 13.5 Å². The van der Waals surface area contributed by atoms with E-state index < -0.39 is 4.92 Å². The van der Waals surface area contributed by atoms with Crippen LogP contribution in [0.1, 0.15) is 11.4 Å². The second kappa shape index (κ2) is 5.75. The number of aryl methyl sites for hydroxylation is 1. The topological polar surface area (TPSA) is 123 Å². The molecule has 2 rings (SSSR count). The van der Waals surface area contributed by atoms with Gasteiger partial charge in [0.15, 0.2) is 0 Å². The summed E-state index contributed by atoms with van der Waals surface area (Å²) in [6.07, 6.45) is 3.47. The highest BCUT2D eigenvalue weighted by Crippen LogP contribution is 2.25. The number of pyridine rings is 1. The molecule has 0 radical (unpaired) electrons. The van der Waals surface area contributed by atoms with Crippen LogP contribution in [0.3, 0.4) is 0 Å². The van der Waals surface area contributed by atoms with Crippen molar-refractivity contribution in [1.29, 1.82) is 5.26 Å². The Morgan fingerprint density at radius 2 is 2.40 bits per heavy atom. The second-order valence-corrected chi connectivity index (χ2v) is 3.96. The molecular formula is C11H11N7O2. The summed E-state index contributed by atoms with van der Waals surface area (Å²) in [5.41, 5.74) is -0.334. The Bertz CT molecular complexity index is 674. The van der Waals surface area contributed by atoms with E-state index >= 15 is 0 Å². The smallest absolute Gasteiger partial charge is 0.328 e. The first-order valence-electron chi connectivity index (χ1n) is 5.73. The summed E-state index contributed by atoms with van der Waals surface area (Å²) in [6, 6.07) is 3.09. The number of nitriles is 1. The fraction of sp³-hybridized carbons (Fsp3) is 0.273. The normalized spacial score (nSPS) is 10.0. The standard InChI is InChI=1S/C11H11N7O2/c1-17-7-15-16-9(17)3-5-14-11-10(18(19)20)8(6-12)2-4-13-11/h2,4,7H,3,5H2,1H3,(H,13,14). The van der Waals surface area contributed by atoms with Crippen molar-refractivity contribution >= 4 is 11.5 Å². The molecule has 102 valence electrons. The number of nitrogens with zero attached hydrogens (tertiary/aromatic N) is 6. The van der Waals surface area contributed by atoms with Crippen molar-refractivity contribution in [3.05, 3.63) is 40.1 Å². The molecule has 0 bridgehead atoms. The van der Waals surface area contributed by atoms with E-state index in [1.807, 2.05) is 7.05 Å². The molecule has 0 spiro atoms. The van der Waals surface area contributed by atoms with Gasteiger partial charge >= 0.3 is 5.69 Å². The van der Waals surface area contributed by atoms with Gasteiger partial charge in [-0.1, -0.05) is 0 Å². The summed E-state index contributed by atoms with van der Waals surface area (Å²) < 4.78 is 1.76. The predicted molar refractivity (Wildman–Crippen MR) is 68.8 cm³/mol. The zero-order valence-electron chi connectivity index (χ0n) is 10.6. The maximum Gasteiger partial charge on any atom is 0.328 e. The molecule has 2 heterocycles. The third-order valence-electron chi connectivity index (χ3n) is 2.67. The molecule has 0 fully saturated rings. The van der Waals surface area contributed by atoms with E-state index in [0.29, 0.717) is 13.0 Å². The molecule has 0 unspecified atom stereocenters. The van der Waals surface area contributed by atoms with E-state index in [4.69, 9.17) is 5.26 Å². The average Bonchev–Trinajstić information content (AvgIpc) is 2.84.